The first-order chi connectivity index (χ1) is 9.99. The standard InChI is InChI=1S/C13H19F3N4O/c1-3-6-19-12(17-2)20-8-9-21-11-10(13(14,15)16)5-4-7-18-11/h4-5,7H,3,6,8-9H2,1-2H3,(H2,17,19,20). The molecular weight excluding hydrogens is 285 g/mol. The van der Waals surface area contributed by atoms with Crippen LogP contribution in [-0.2, 0) is 6.18 Å². The van der Waals surface area contributed by atoms with Crippen LogP contribution < -0.4 is 15.4 Å². The number of halogens is 3. The fourth-order valence-electron chi connectivity index (χ4n) is 1.50. The first kappa shape index (κ1) is 17.1. The minimum atomic E-state index is -4.48. The lowest BCUT2D eigenvalue weighted by Gasteiger charge is -2.14. The van der Waals surface area contributed by atoms with Crippen LogP contribution in [0.3, 0.4) is 0 Å². The Labute approximate surface area is 121 Å². The second-order valence-electron chi connectivity index (χ2n) is 4.13. The van der Waals surface area contributed by atoms with Crippen molar-refractivity contribution in [2.75, 3.05) is 26.7 Å². The molecule has 1 aromatic rings. The molecule has 0 aliphatic carbocycles. The van der Waals surface area contributed by atoms with Gasteiger partial charge in [-0.25, -0.2) is 4.98 Å². The largest absolute Gasteiger partial charge is 0.475 e. The van der Waals surface area contributed by atoms with Gasteiger partial charge in [-0.3, -0.25) is 4.99 Å². The number of alkyl halides is 3. The molecule has 0 amide bonds. The van der Waals surface area contributed by atoms with Crippen molar-refractivity contribution < 1.29 is 17.9 Å². The fourth-order valence-corrected chi connectivity index (χ4v) is 1.50. The number of guanidine groups is 1. The van der Waals surface area contributed by atoms with Gasteiger partial charge in [0, 0.05) is 19.8 Å². The van der Waals surface area contributed by atoms with E-state index in [0.717, 1.165) is 19.0 Å². The number of aromatic nitrogens is 1. The quantitative estimate of drug-likeness (QED) is 0.480. The molecule has 0 aromatic carbocycles. The van der Waals surface area contributed by atoms with Crippen molar-refractivity contribution >= 4 is 5.96 Å². The van der Waals surface area contributed by atoms with E-state index >= 15 is 0 Å². The van der Waals surface area contributed by atoms with Crippen LogP contribution in [-0.4, -0.2) is 37.7 Å². The highest BCUT2D eigenvalue weighted by Gasteiger charge is 2.34. The van der Waals surface area contributed by atoms with Gasteiger partial charge >= 0.3 is 6.18 Å². The van der Waals surface area contributed by atoms with Crippen molar-refractivity contribution in [3.05, 3.63) is 23.9 Å². The van der Waals surface area contributed by atoms with Crippen molar-refractivity contribution in [2.45, 2.75) is 19.5 Å². The van der Waals surface area contributed by atoms with Gasteiger partial charge in [0.25, 0.3) is 0 Å². The molecule has 1 rings (SSSR count). The zero-order valence-corrected chi connectivity index (χ0v) is 12.0. The summed E-state index contributed by atoms with van der Waals surface area (Å²) < 4.78 is 43.2. The maximum Gasteiger partial charge on any atom is 0.421 e. The summed E-state index contributed by atoms with van der Waals surface area (Å²) in [5.74, 6) is 0.167. The molecule has 0 radical (unpaired) electrons. The minimum absolute atomic E-state index is 0.0485. The van der Waals surface area contributed by atoms with Crippen molar-refractivity contribution in [3.8, 4) is 5.88 Å². The predicted octanol–water partition coefficient (Wildman–Crippen LogP) is 2.05. The highest BCUT2D eigenvalue weighted by Crippen LogP contribution is 2.34. The molecule has 1 heterocycles. The molecule has 118 valence electrons. The third kappa shape index (κ3) is 5.88. The highest BCUT2D eigenvalue weighted by molar-refractivity contribution is 5.79. The van der Waals surface area contributed by atoms with Gasteiger partial charge in [-0.05, 0) is 18.6 Å². The van der Waals surface area contributed by atoms with E-state index in [4.69, 9.17) is 4.74 Å². The van der Waals surface area contributed by atoms with Crippen LogP contribution in [0.2, 0.25) is 0 Å². The number of ether oxygens (including phenoxy) is 1. The van der Waals surface area contributed by atoms with Gasteiger partial charge in [0.05, 0.1) is 6.54 Å². The van der Waals surface area contributed by atoms with E-state index in [9.17, 15) is 13.2 Å². The summed E-state index contributed by atoms with van der Waals surface area (Å²) >= 11 is 0. The van der Waals surface area contributed by atoms with E-state index in [1.165, 1.54) is 12.3 Å². The lowest BCUT2D eigenvalue weighted by Crippen LogP contribution is -2.39. The molecule has 21 heavy (non-hydrogen) atoms. The number of nitrogens with zero attached hydrogens (tertiary/aromatic N) is 2. The molecule has 0 spiro atoms. The summed E-state index contributed by atoms with van der Waals surface area (Å²) in [6.45, 7) is 3.15. The summed E-state index contributed by atoms with van der Waals surface area (Å²) in [7, 11) is 1.62. The van der Waals surface area contributed by atoms with Gasteiger partial charge in [-0.2, -0.15) is 13.2 Å². The molecule has 2 N–H and O–H groups in total. The van der Waals surface area contributed by atoms with Gasteiger partial charge in [0.15, 0.2) is 5.96 Å². The van der Waals surface area contributed by atoms with E-state index in [0.29, 0.717) is 12.5 Å². The van der Waals surface area contributed by atoms with Gasteiger partial charge in [-0.1, -0.05) is 6.92 Å². The molecule has 0 unspecified atom stereocenters. The van der Waals surface area contributed by atoms with Crippen LogP contribution in [0.15, 0.2) is 23.3 Å². The third-order valence-electron chi connectivity index (χ3n) is 2.48. The molecule has 1 aromatic heterocycles. The van der Waals surface area contributed by atoms with Gasteiger partial charge in [-0.15, -0.1) is 0 Å². The molecule has 0 saturated carbocycles. The maximum absolute atomic E-state index is 12.7. The van der Waals surface area contributed by atoms with Crippen LogP contribution in [0, 0.1) is 0 Å². The summed E-state index contributed by atoms with van der Waals surface area (Å²) in [4.78, 5) is 7.59. The van der Waals surface area contributed by atoms with Crippen molar-refractivity contribution in [1.82, 2.24) is 15.6 Å². The Kier molecular flexibility index (Phi) is 6.77. The Morgan fingerprint density at radius 3 is 2.67 bits per heavy atom. The van der Waals surface area contributed by atoms with E-state index < -0.39 is 17.6 Å². The molecule has 0 saturated heterocycles. The average molecular weight is 304 g/mol. The Hall–Kier alpha value is -1.99. The zero-order chi connectivity index (χ0) is 15.7. The molecule has 0 bridgehead atoms. The summed E-state index contributed by atoms with van der Waals surface area (Å²) in [5.41, 5.74) is -0.876. The van der Waals surface area contributed by atoms with Crippen LogP contribution in [0.1, 0.15) is 18.9 Å². The smallest absolute Gasteiger partial charge is 0.421 e. The van der Waals surface area contributed by atoms with E-state index in [1.54, 1.807) is 7.05 Å². The van der Waals surface area contributed by atoms with Crippen molar-refractivity contribution in [2.24, 2.45) is 4.99 Å². The number of aliphatic imine (C=N–C) groups is 1. The Bertz CT molecular complexity index is 463. The second kappa shape index (κ2) is 8.33. The molecule has 0 fully saturated rings. The number of hydrogen-bond donors (Lipinski definition) is 2. The van der Waals surface area contributed by atoms with Gasteiger partial charge in [0.2, 0.25) is 5.88 Å². The number of hydrogen-bond acceptors (Lipinski definition) is 3. The first-order valence-electron chi connectivity index (χ1n) is 6.58. The lowest BCUT2D eigenvalue weighted by atomic mass is 10.2. The van der Waals surface area contributed by atoms with Crippen molar-refractivity contribution in [1.29, 1.82) is 0 Å². The first-order valence-corrected chi connectivity index (χ1v) is 6.58. The topological polar surface area (TPSA) is 58.5 Å². The Morgan fingerprint density at radius 1 is 1.33 bits per heavy atom. The predicted molar refractivity (Wildman–Crippen MR) is 74.4 cm³/mol. The van der Waals surface area contributed by atoms with Crippen LogP contribution in [0.4, 0.5) is 13.2 Å². The molecule has 8 heteroatoms. The van der Waals surface area contributed by atoms with E-state index in [2.05, 4.69) is 20.6 Å². The summed E-state index contributed by atoms with van der Waals surface area (Å²) in [5, 5.41) is 5.98. The monoisotopic (exact) mass is 304 g/mol. The molecule has 5 nitrogen and oxygen atoms in total. The fraction of sp³-hybridized carbons (Fsp3) is 0.538. The van der Waals surface area contributed by atoms with Crippen LogP contribution >= 0.6 is 0 Å². The van der Waals surface area contributed by atoms with Crippen molar-refractivity contribution in [3.63, 3.8) is 0 Å². The number of rotatable bonds is 6. The normalized spacial score (nSPS) is 12.1. The highest BCUT2D eigenvalue weighted by atomic mass is 19.4. The lowest BCUT2D eigenvalue weighted by molar-refractivity contribution is -0.139. The third-order valence-corrected chi connectivity index (χ3v) is 2.48. The zero-order valence-electron chi connectivity index (χ0n) is 12.0. The van der Waals surface area contributed by atoms with E-state index in [-0.39, 0.29) is 6.61 Å². The Balaban J connectivity index is 2.46. The molecule has 0 atom stereocenters. The van der Waals surface area contributed by atoms with Gasteiger partial charge in [0.1, 0.15) is 12.2 Å². The minimum Gasteiger partial charge on any atom is -0.475 e. The molecule has 0 aliphatic heterocycles. The van der Waals surface area contributed by atoms with Crippen LogP contribution in [0.25, 0.3) is 0 Å². The number of nitrogens with one attached hydrogen (secondary N) is 2. The van der Waals surface area contributed by atoms with Crippen LogP contribution in [0.5, 0.6) is 5.88 Å². The second-order valence-corrected chi connectivity index (χ2v) is 4.13. The van der Waals surface area contributed by atoms with E-state index in [1.807, 2.05) is 6.92 Å². The SMILES string of the molecule is CCCNC(=NC)NCCOc1ncccc1C(F)(F)F. The summed E-state index contributed by atoms with van der Waals surface area (Å²) in [6, 6.07) is 2.17. The average Bonchev–Trinajstić information content (AvgIpc) is 2.46. The van der Waals surface area contributed by atoms with Gasteiger partial charge < -0.3 is 15.4 Å². The number of pyridine rings is 1. The summed E-state index contributed by atoms with van der Waals surface area (Å²) in [6.07, 6.45) is -2.27. The molecule has 0 aliphatic rings. The Morgan fingerprint density at radius 2 is 2.05 bits per heavy atom. The molecular formula is C13H19F3N4O. The maximum atomic E-state index is 12.7.